The minimum atomic E-state index is -1.22. The molecule has 2 atom stereocenters. The molecule has 0 unspecified atom stereocenters. The molecule has 0 aromatic heterocycles. The lowest BCUT2D eigenvalue weighted by molar-refractivity contribution is -0.136. The molecule has 0 aliphatic carbocycles. The van der Waals surface area contributed by atoms with E-state index in [0.29, 0.717) is 24.2 Å². The SMILES string of the molecule is O=C(CN1C(=O)N[C@]2(CCOc3ccccc32)C1=O)N[C@H]1CCSc2ccc(F)cc21. The van der Waals surface area contributed by atoms with Crippen molar-refractivity contribution in [1.29, 1.82) is 0 Å². The van der Waals surface area contributed by atoms with E-state index < -0.39 is 29.9 Å². The average Bonchev–Trinajstić information content (AvgIpc) is 2.99. The van der Waals surface area contributed by atoms with Gasteiger partial charge in [0.2, 0.25) is 5.91 Å². The van der Waals surface area contributed by atoms with Gasteiger partial charge in [0.15, 0.2) is 5.54 Å². The van der Waals surface area contributed by atoms with Gasteiger partial charge in [0.05, 0.1) is 12.6 Å². The number of amides is 4. The second-order valence-corrected chi connectivity index (χ2v) is 8.90. The fraction of sp³-hybridized carbons (Fsp3) is 0.318. The number of nitrogens with one attached hydrogen (secondary N) is 2. The summed E-state index contributed by atoms with van der Waals surface area (Å²) in [5.41, 5.74) is 0.0940. The predicted molar refractivity (Wildman–Crippen MR) is 111 cm³/mol. The van der Waals surface area contributed by atoms with E-state index in [2.05, 4.69) is 10.6 Å². The van der Waals surface area contributed by atoms with Gasteiger partial charge in [0, 0.05) is 22.6 Å². The fourth-order valence-corrected chi connectivity index (χ4v) is 5.52. The summed E-state index contributed by atoms with van der Waals surface area (Å²) in [6.07, 6.45) is 0.931. The van der Waals surface area contributed by atoms with Crippen LogP contribution in [0.1, 0.15) is 30.0 Å². The topological polar surface area (TPSA) is 87.7 Å². The van der Waals surface area contributed by atoms with Crippen LogP contribution in [0.25, 0.3) is 0 Å². The highest BCUT2D eigenvalue weighted by molar-refractivity contribution is 7.99. The van der Waals surface area contributed by atoms with Gasteiger partial charge in [0.1, 0.15) is 18.1 Å². The molecule has 4 amide bonds. The highest BCUT2D eigenvalue weighted by atomic mass is 32.2. The second kappa shape index (κ2) is 7.56. The Morgan fingerprint density at radius 2 is 2.13 bits per heavy atom. The van der Waals surface area contributed by atoms with Crippen LogP contribution in [0.3, 0.4) is 0 Å². The molecule has 2 aromatic rings. The van der Waals surface area contributed by atoms with E-state index in [0.717, 1.165) is 21.1 Å². The number of carbonyl (C=O) groups is 3. The lowest BCUT2D eigenvalue weighted by atomic mass is 9.84. The molecule has 0 saturated carbocycles. The Morgan fingerprint density at radius 1 is 1.29 bits per heavy atom. The molecule has 7 nitrogen and oxygen atoms in total. The van der Waals surface area contributed by atoms with Gasteiger partial charge in [-0.3, -0.25) is 14.5 Å². The van der Waals surface area contributed by atoms with E-state index in [1.807, 2.05) is 0 Å². The quantitative estimate of drug-likeness (QED) is 0.716. The smallest absolute Gasteiger partial charge is 0.325 e. The van der Waals surface area contributed by atoms with E-state index >= 15 is 0 Å². The maximum Gasteiger partial charge on any atom is 0.325 e. The van der Waals surface area contributed by atoms with Crippen molar-refractivity contribution in [2.75, 3.05) is 18.9 Å². The number of halogens is 1. The first kappa shape index (κ1) is 19.9. The molecular formula is C22H20FN3O4S. The summed E-state index contributed by atoms with van der Waals surface area (Å²) in [5, 5.41) is 5.65. The molecule has 3 aliphatic rings. The van der Waals surface area contributed by atoms with Gasteiger partial charge in [-0.15, -0.1) is 11.8 Å². The Kier molecular flexibility index (Phi) is 4.85. The van der Waals surface area contributed by atoms with E-state index in [9.17, 15) is 18.8 Å². The zero-order chi connectivity index (χ0) is 21.6. The molecular weight excluding hydrogens is 421 g/mol. The van der Waals surface area contributed by atoms with Crippen LogP contribution in [-0.4, -0.2) is 41.6 Å². The number of carbonyl (C=O) groups excluding carboxylic acids is 3. The van der Waals surface area contributed by atoms with Crippen molar-refractivity contribution in [3.05, 3.63) is 59.4 Å². The molecule has 31 heavy (non-hydrogen) atoms. The van der Waals surface area contributed by atoms with Gasteiger partial charge < -0.3 is 15.4 Å². The Morgan fingerprint density at radius 3 is 3.00 bits per heavy atom. The molecule has 1 fully saturated rings. The number of thioether (sulfide) groups is 1. The van der Waals surface area contributed by atoms with Crippen molar-refractivity contribution in [2.24, 2.45) is 0 Å². The summed E-state index contributed by atoms with van der Waals surface area (Å²) in [4.78, 5) is 40.6. The van der Waals surface area contributed by atoms with Crippen molar-refractivity contribution < 1.29 is 23.5 Å². The van der Waals surface area contributed by atoms with Crippen LogP contribution in [0.15, 0.2) is 47.4 Å². The number of hydrogen-bond acceptors (Lipinski definition) is 5. The zero-order valence-electron chi connectivity index (χ0n) is 16.5. The highest BCUT2D eigenvalue weighted by Crippen LogP contribution is 2.41. The van der Waals surface area contributed by atoms with E-state index in [1.165, 1.54) is 12.1 Å². The Hall–Kier alpha value is -3.07. The zero-order valence-corrected chi connectivity index (χ0v) is 17.3. The van der Waals surface area contributed by atoms with Crippen molar-refractivity contribution in [3.63, 3.8) is 0 Å². The number of hydrogen-bond donors (Lipinski definition) is 2. The van der Waals surface area contributed by atoms with Crippen molar-refractivity contribution >= 4 is 29.6 Å². The van der Waals surface area contributed by atoms with Crippen LogP contribution in [0, 0.1) is 5.82 Å². The highest BCUT2D eigenvalue weighted by Gasteiger charge is 2.55. The largest absolute Gasteiger partial charge is 0.493 e. The van der Waals surface area contributed by atoms with E-state index in [-0.39, 0.29) is 18.5 Å². The van der Waals surface area contributed by atoms with Gasteiger partial charge in [-0.25, -0.2) is 9.18 Å². The molecule has 1 saturated heterocycles. The number of para-hydroxylation sites is 1. The fourth-order valence-electron chi connectivity index (χ4n) is 4.41. The van der Waals surface area contributed by atoms with Gasteiger partial charge in [-0.1, -0.05) is 18.2 Å². The number of imide groups is 1. The van der Waals surface area contributed by atoms with Crippen LogP contribution < -0.4 is 15.4 Å². The first-order chi connectivity index (χ1) is 15.0. The Labute approximate surface area is 182 Å². The van der Waals surface area contributed by atoms with Gasteiger partial charge >= 0.3 is 6.03 Å². The van der Waals surface area contributed by atoms with Crippen LogP contribution in [-0.2, 0) is 15.1 Å². The van der Waals surface area contributed by atoms with Crippen molar-refractivity contribution in [1.82, 2.24) is 15.5 Å². The number of fused-ring (bicyclic) bond motifs is 3. The minimum absolute atomic E-state index is 0.283. The van der Waals surface area contributed by atoms with E-state index in [4.69, 9.17) is 4.74 Å². The van der Waals surface area contributed by atoms with Crippen LogP contribution >= 0.6 is 11.8 Å². The number of benzene rings is 2. The Bertz CT molecular complexity index is 1090. The third-order valence-electron chi connectivity index (χ3n) is 5.91. The van der Waals surface area contributed by atoms with Gasteiger partial charge in [-0.2, -0.15) is 0 Å². The lowest BCUT2D eigenvalue weighted by Gasteiger charge is -2.33. The standard InChI is InChI=1S/C22H20FN3O4S/c23-13-5-6-18-14(11-13)16(7-10-31-18)24-19(27)12-26-20(28)22(25-21(26)29)8-9-30-17-4-2-1-3-15(17)22/h1-6,11,16H,7-10,12H2,(H,24,27)(H,25,29)/t16-,22-/m0/s1. The minimum Gasteiger partial charge on any atom is -0.493 e. The molecule has 1 spiro atoms. The molecule has 0 radical (unpaired) electrons. The van der Waals surface area contributed by atoms with Crippen molar-refractivity contribution in [2.45, 2.75) is 29.3 Å². The third-order valence-corrected chi connectivity index (χ3v) is 7.03. The summed E-state index contributed by atoms with van der Waals surface area (Å²) in [6.45, 7) is -0.116. The van der Waals surface area contributed by atoms with Crippen LogP contribution in [0.4, 0.5) is 9.18 Å². The van der Waals surface area contributed by atoms with Crippen molar-refractivity contribution in [3.8, 4) is 5.75 Å². The first-order valence-electron chi connectivity index (χ1n) is 10.1. The molecule has 3 aliphatic heterocycles. The maximum atomic E-state index is 13.7. The van der Waals surface area contributed by atoms with E-state index in [1.54, 1.807) is 42.1 Å². The molecule has 160 valence electrons. The maximum absolute atomic E-state index is 13.7. The van der Waals surface area contributed by atoms with Gasteiger partial charge in [0.25, 0.3) is 5.91 Å². The normalized spacial score (nSPS) is 24.3. The predicted octanol–water partition coefficient (Wildman–Crippen LogP) is 2.71. The molecule has 2 aromatic carbocycles. The number of ether oxygens (including phenoxy) is 1. The van der Waals surface area contributed by atoms with Crippen LogP contribution in [0.2, 0.25) is 0 Å². The average molecular weight is 441 g/mol. The molecule has 5 rings (SSSR count). The monoisotopic (exact) mass is 441 g/mol. The van der Waals surface area contributed by atoms with Gasteiger partial charge in [-0.05, 0) is 36.2 Å². The molecule has 3 heterocycles. The summed E-state index contributed by atoms with van der Waals surface area (Å²) in [5.74, 6) is 0.0379. The summed E-state index contributed by atoms with van der Waals surface area (Å²) >= 11 is 1.61. The summed E-state index contributed by atoms with van der Waals surface area (Å²) in [6, 6.07) is 10.6. The summed E-state index contributed by atoms with van der Waals surface area (Å²) < 4.78 is 19.3. The molecule has 2 N–H and O–H groups in total. The lowest BCUT2D eigenvalue weighted by Crippen LogP contribution is -2.48. The molecule has 0 bridgehead atoms. The molecule has 9 heteroatoms. The van der Waals surface area contributed by atoms with Crippen LogP contribution in [0.5, 0.6) is 5.75 Å². The Balaban J connectivity index is 1.34. The number of nitrogens with zero attached hydrogens (tertiary/aromatic N) is 1. The summed E-state index contributed by atoms with van der Waals surface area (Å²) in [7, 11) is 0. The third kappa shape index (κ3) is 3.33. The number of urea groups is 1. The number of rotatable bonds is 3. The first-order valence-corrected chi connectivity index (χ1v) is 11.0. The second-order valence-electron chi connectivity index (χ2n) is 7.76.